The maximum absolute atomic E-state index is 13.4. The number of benzene rings is 2. The van der Waals surface area contributed by atoms with Gasteiger partial charge in [-0.25, -0.2) is 22.8 Å². The maximum atomic E-state index is 13.4. The summed E-state index contributed by atoms with van der Waals surface area (Å²) >= 11 is 0. The molecule has 1 atom stereocenters. The van der Waals surface area contributed by atoms with Crippen molar-refractivity contribution in [3.8, 4) is 11.3 Å². The summed E-state index contributed by atoms with van der Waals surface area (Å²) < 4.78 is 41.5. The van der Waals surface area contributed by atoms with Gasteiger partial charge in [-0.1, -0.05) is 0 Å². The number of nitrogens with zero attached hydrogens (tertiary/aromatic N) is 5. The van der Waals surface area contributed by atoms with E-state index < -0.39 is 10.0 Å². The molecule has 35 heavy (non-hydrogen) atoms. The number of carbonyl (C=O) groups is 1. The van der Waals surface area contributed by atoms with Crippen LogP contribution in [0.1, 0.15) is 19.4 Å². The topological polar surface area (TPSA) is 86.7 Å². The van der Waals surface area contributed by atoms with Crippen LogP contribution in [-0.2, 0) is 21.2 Å². The Morgan fingerprint density at radius 2 is 1.71 bits per heavy atom. The third kappa shape index (κ3) is 4.39. The normalized spacial score (nSPS) is 18.5. The van der Waals surface area contributed by atoms with Crippen molar-refractivity contribution >= 4 is 27.4 Å². The Labute approximate surface area is 204 Å². The largest absolute Gasteiger partial charge is 0.354 e. The summed E-state index contributed by atoms with van der Waals surface area (Å²) in [5, 5.41) is 0. The molecule has 2 aromatic carbocycles. The summed E-state index contributed by atoms with van der Waals surface area (Å²) in [7, 11) is -3.66. The highest BCUT2D eigenvalue weighted by atomic mass is 32.2. The van der Waals surface area contributed by atoms with Crippen molar-refractivity contribution in [2.24, 2.45) is 0 Å². The molecule has 3 aromatic rings. The highest BCUT2D eigenvalue weighted by Gasteiger charge is 2.33. The summed E-state index contributed by atoms with van der Waals surface area (Å²) in [5.41, 5.74) is 3.12. The molecule has 1 saturated heterocycles. The SMILES string of the molecule is CC(=O)N1c2ccc(S(=O)(=O)N3CCN(c4cc(-c5ccc(F)cc5)ncn4)CC3)cc2CC1C. The zero-order valence-electron chi connectivity index (χ0n) is 19.6. The van der Waals surface area contributed by atoms with Crippen LogP contribution in [0.4, 0.5) is 15.9 Å². The average molecular weight is 496 g/mol. The fourth-order valence-corrected chi connectivity index (χ4v) is 6.33. The van der Waals surface area contributed by atoms with Gasteiger partial charge < -0.3 is 9.80 Å². The molecule has 1 amide bonds. The molecule has 1 fully saturated rings. The van der Waals surface area contributed by atoms with E-state index >= 15 is 0 Å². The molecule has 1 aromatic heterocycles. The van der Waals surface area contributed by atoms with Gasteiger partial charge in [0.15, 0.2) is 0 Å². The number of aromatic nitrogens is 2. The smallest absolute Gasteiger partial charge is 0.243 e. The Kier molecular flexibility index (Phi) is 6.02. The van der Waals surface area contributed by atoms with E-state index in [1.807, 2.05) is 17.9 Å². The van der Waals surface area contributed by atoms with Crippen molar-refractivity contribution in [2.45, 2.75) is 31.2 Å². The standard InChI is InChI=1S/C25H26FN5O3S/c1-17-13-20-14-22(7-8-24(20)31(17)18(2)32)35(33,34)30-11-9-29(10-12-30)25-15-23(27-16-28-25)19-3-5-21(26)6-4-19/h3-8,14-17H,9-13H2,1-2H3. The van der Waals surface area contributed by atoms with Gasteiger partial charge in [0, 0.05) is 56.5 Å². The highest BCUT2D eigenvalue weighted by Crippen LogP contribution is 2.34. The number of hydrogen-bond acceptors (Lipinski definition) is 6. The Morgan fingerprint density at radius 1 is 1.00 bits per heavy atom. The van der Waals surface area contributed by atoms with Crippen LogP contribution in [-0.4, -0.2) is 60.8 Å². The first-order chi connectivity index (χ1) is 16.7. The van der Waals surface area contributed by atoms with Crippen LogP contribution < -0.4 is 9.80 Å². The minimum Gasteiger partial charge on any atom is -0.354 e. The predicted molar refractivity (Wildman–Crippen MR) is 131 cm³/mol. The molecular weight excluding hydrogens is 469 g/mol. The van der Waals surface area contributed by atoms with Crippen molar-refractivity contribution < 1.29 is 17.6 Å². The van der Waals surface area contributed by atoms with E-state index in [4.69, 9.17) is 0 Å². The summed E-state index contributed by atoms with van der Waals surface area (Å²) in [4.78, 5) is 24.6. The second-order valence-corrected chi connectivity index (χ2v) is 10.8. The molecule has 3 heterocycles. The van der Waals surface area contributed by atoms with E-state index in [1.54, 1.807) is 35.2 Å². The number of rotatable bonds is 4. The Bertz CT molecular complexity index is 1370. The van der Waals surface area contributed by atoms with Crippen LogP contribution in [0.5, 0.6) is 0 Å². The summed E-state index contributed by atoms with van der Waals surface area (Å²) in [6.45, 7) is 5.11. The summed E-state index contributed by atoms with van der Waals surface area (Å²) in [5.74, 6) is 0.344. The molecule has 0 aliphatic carbocycles. The van der Waals surface area contributed by atoms with Crippen molar-refractivity contribution in [1.82, 2.24) is 14.3 Å². The summed E-state index contributed by atoms with van der Waals surface area (Å²) in [6, 6.07) is 13.0. The third-order valence-corrected chi connectivity index (χ3v) is 8.49. The van der Waals surface area contributed by atoms with Gasteiger partial charge in [0.25, 0.3) is 0 Å². The van der Waals surface area contributed by atoms with Gasteiger partial charge in [-0.15, -0.1) is 0 Å². The number of hydrogen-bond donors (Lipinski definition) is 0. The first-order valence-electron chi connectivity index (χ1n) is 11.5. The van der Waals surface area contributed by atoms with Crippen LogP contribution in [0.15, 0.2) is 59.8 Å². The molecule has 182 valence electrons. The minimum absolute atomic E-state index is 0.0108. The first-order valence-corrected chi connectivity index (χ1v) is 12.9. The second-order valence-electron chi connectivity index (χ2n) is 8.89. The predicted octanol–water partition coefficient (Wildman–Crippen LogP) is 3.09. The monoisotopic (exact) mass is 495 g/mol. The van der Waals surface area contributed by atoms with Gasteiger partial charge >= 0.3 is 0 Å². The van der Waals surface area contributed by atoms with Crippen LogP contribution >= 0.6 is 0 Å². The van der Waals surface area contributed by atoms with Gasteiger partial charge in [0.05, 0.1) is 10.6 Å². The molecular formula is C25H26FN5O3S. The van der Waals surface area contributed by atoms with E-state index in [-0.39, 0.29) is 22.7 Å². The lowest BCUT2D eigenvalue weighted by molar-refractivity contribution is -0.116. The Morgan fingerprint density at radius 3 is 2.40 bits per heavy atom. The molecule has 0 radical (unpaired) electrons. The fourth-order valence-electron chi connectivity index (χ4n) is 4.85. The number of carbonyl (C=O) groups excluding carboxylic acids is 1. The van der Waals surface area contributed by atoms with E-state index in [0.29, 0.717) is 44.1 Å². The third-order valence-electron chi connectivity index (χ3n) is 6.60. The van der Waals surface area contributed by atoms with E-state index in [2.05, 4.69) is 9.97 Å². The number of sulfonamides is 1. The van der Waals surface area contributed by atoms with Gasteiger partial charge in [0.1, 0.15) is 18.0 Å². The van der Waals surface area contributed by atoms with Crippen LogP contribution in [0.3, 0.4) is 0 Å². The van der Waals surface area contributed by atoms with Gasteiger partial charge in [-0.2, -0.15) is 4.31 Å². The highest BCUT2D eigenvalue weighted by molar-refractivity contribution is 7.89. The van der Waals surface area contributed by atoms with E-state index in [1.165, 1.54) is 29.7 Å². The second kappa shape index (κ2) is 9.01. The minimum atomic E-state index is -3.66. The van der Waals surface area contributed by atoms with Crippen molar-refractivity contribution in [3.05, 3.63) is 66.2 Å². The Balaban J connectivity index is 1.30. The molecule has 2 aliphatic heterocycles. The number of anilines is 2. The number of piperazine rings is 1. The lowest BCUT2D eigenvalue weighted by atomic mass is 10.1. The van der Waals surface area contributed by atoms with Crippen molar-refractivity contribution in [1.29, 1.82) is 0 Å². The molecule has 10 heteroatoms. The molecule has 1 unspecified atom stereocenters. The molecule has 0 bridgehead atoms. The Hall–Kier alpha value is -3.37. The lowest BCUT2D eigenvalue weighted by Crippen LogP contribution is -2.48. The molecule has 5 rings (SSSR count). The van der Waals surface area contributed by atoms with Gasteiger partial charge in [-0.3, -0.25) is 4.79 Å². The zero-order valence-corrected chi connectivity index (χ0v) is 20.4. The number of halogens is 1. The van der Waals surface area contributed by atoms with E-state index in [0.717, 1.165) is 16.8 Å². The maximum Gasteiger partial charge on any atom is 0.243 e. The van der Waals surface area contributed by atoms with Crippen LogP contribution in [0, 0.1) is 5.82 Å². The molecule has 0 N–H and O–H groups in total. The molecule has 0 saturated carbocycles. The molecule has 2 aliphatic rings. The molecule has 8 nitrogen and oxygen atoms in total. The van der Waals surface area contributed by atoms with Crippen LogP contribution in [0.2, 0.25) is 0 Å². The van der Waals surface area contributed by atoms with Crippen LogP contribution in [0.25, 0.3) is 11.3 Å². The zero-order chi connectivity index (χ0) is 24.7. The first kappa shape index (κ1) is 23.4. The average Bonchev–Trinajstić information content (AvgIpc) is 3.20. The van der Waals surface area contributed by atoms with Gasteiger partial charge in [-0.05, 0) is 61.4 Å². The number of fused-ring (bicyclic) bond motifs is 1. The number of amides is 1. The molecule has 0 spiro atoms. The van der Waals surface area contributed by atoms with Gasteiger partial charge in [0.2, 0.25) is 15.9 Å². The van der Waals surface area contributed by atoms with E-state index in [9.17, 15) is 17.6 Å². The lowest BCUT2D eigenvalue weighted by Gasteiger charge is -2.34. The van der Waals surface area contributed by atoms with Crippen molar-refractivity contribution in [2.75, 3.05) is 36.0 Å². The summed E-state index contributed by atoms with van der Waals surface area (Å²) in [6.07, 6.45) is 2.10. The van der Waals surface area contributed by atoms with Crippen molar-refractivity contribution in [3.63, 3.8) is 0 Å². The quantitative estimate of drug-likeness (QED) is 0.553. The fraction of sp³-hybridized carbons (Fsp3) is 0.320.